The van der Waals surface area contributed by atoms with Crippen molar-refractivity contribution in [2.75, 3.05) is 20.2 Å². The summed E-state index contributed by atoms with van der Waals surface area (Å²) in [4.78, 5) is 35.8. The molecule has 1 fully saturated rings. The van der Waals surface area contributed by atoms with Crippen LogP contribution in [0, 0.1) is 0 Å². The van der Waals surface area contributed by atoms with Crippen molar-refractivity contribution in [2.45, 2.75) is 31.9 Å². The second-order valence-electron chi connectivity index (χ2n) is 4.51. The number of rotatable bonds is 4. The molecule has 2 unspecified atom stereocenters. The van der Waals surface area contributed by atoms with E-state index in [0.717, 1.165) is 0 Å². The van der Waals surface area contributed by atoms with Gasteiger partial charge in [-0.2, -0.15) is 0 Å². The number of β-amino-alcohol motifs (C(OH)–C–C–N with tert-alkyl or cyclic N) is 1. The monoisotopic (exact) mass is 258 g/mol. The van der Waals surface area contributed by atoms with Crippen LogP contribution in [0.1, 0.15) is 20.3 Å². The lowest BCUT2D eigenvalue weighted by atomic mass is 10.0. The fraction of sp³-hybridized carbons (Fsp3) is 0.727. The summed E-state index contributed by atoms with van der Waals surface area (Å²) in [6.45, 7) is 2.93. The van der Waals surface area contributed by atoms with Crippen LogP contribution in [0.3, 0.4) is 0 Å². The molecule has 0 aliphatic carbocycles. The zero-order chi connectivity index (χ0) is 13.9. The largest absolute Gasteiger partial charge is 0.467 e. The molecule has 2 amide bonds. The van der Waals surface area contributed by atoms with Crippen LogP contribution in [0.2, 0.25) is 0 Å². The van der Waals surface area contributed by atoms with Gasteiger partial charge in [0, 0.05) is 6.54 Å². The Kier molecular flexibility index (Phi) is 4.42. The molecule has 18 heavy (non-hydrogen) atoms. The molecule has 102 valence electrons. The third-order valence-corrected chi connectivity index (χ3v) is 2.88. The third kappa shape index (κ3) is 3.05. The number of ether oxygens (including phenoxy) is 1. The Hall–Kier alpha value is -1.47. The highest BCUT2D eigenvalue weighted by Gasteiger charge is 2.40. The molecule has 0 bridgehead atoms. The topological polar surface area (TPSA) is 95.9 Å². The first-order chi connectivity index (χ1) is 8.31. The Labute approximate surface area is 105 Å². The van der Waals surface area contributed by atoms with E-state index in [1.54, 1.807) is 6.92 Å². The Morgan fingerprint density at radius 1 is 1.61 bits per heavy atom. The van der Waals surface area contributed by atoms with Gasteiger partial charge in [0.25, 0.3) is 0 Å². The molecule has 0 radical (unpaired) electrons. The van der Waals surface area contributed by atoms with Crippen molar-refractivity contribution in [1.82, 2.24) is 10.2 Å². The molecule has 0 aromatic carbocycles. The molecule has 2 N–H and O–H groups in total. The van der Waals surface area contributed by atoms with E-state index in [-0.39, 0.29) is 13.1 Å². The lowest BCUT2D eigenvalue weighted by Gasteiger charge is -2.36. The predicted molar refractivity (Wildman–Crippen MR) is 61.4 cm³/mol. The Morgan fingerprint density at radius 3 is 2.72 bits per heavy atom. The van der Waals surface area contributed by atoms with Crippen LogP contribution in [0.15, 0.2) is 0 Å². The van der Waals surface area contributed by atoms with Gasteiger partial charge in [-0.05, 0) is 13.3 Å². The second-order valence-corrected chi connectivity index (χ2v) is 4.51. The zero-order valence-electron chi connectivity index (χ0n) is 10.7. The zero-order valence-corrected chi connectivity index (χ0v) is 10.7. The minimum Gasteiger partial charge on any atom is -0.467 e. The summed E-state index contributed by atoms with van der Waals surface area (Å²) in [6, 6.07) is -0.529. The molecule has 1 aliphatic rings. The van der Waals surface area contributed by atoms with Crippen molar-refractivity contribution in [2.24, 2.45) is 0 Å². The smallest absolute Gasteiger partial charge is 0.338 e. The quantitative estimate of drug-likeness (QED) is 0.478. The average molecular weight is 258 g/mol. The van der Waals surface area contributed by atoms with Gasteiger partial charge in [0.1, 0.15) is 0 Å². The molecule has 0 saturated carbocycles. The fourth-order valence-corrected chi connectivity index (χ4v) is 2.01. The first-order valence-corrected chi connectivity index (χ1v) is 5.70. The van der Waals surface area contributed by atoms with Gasteiger partial charge in [-0.1, -0.05) is 6.92 Å². The van der Waals surface area contributed by atoms with Crippen molar-refractivity contribution in [3.8, 4) is 0 Å². The Balaban J connectivity index is 2.82. The number of imide groups is 1. The maximum absolute atomic E-state index is 11.6. The number of amides is 2. The first-order valence-electron chi connectivity index (χ1n) is 5.70. The molecule has 1 heterocycles. The number of aliphatic hydroxyl groups is 1. The number of carbonyl (C=O) groups excluding carboxylic acids is 3. The van der Waals surface area contributed by atoms with Gasteiger partial charge in [-0.3, -0.25) is 19.8 Å². The highest BCUT2D eigenvalue weighted by molar-refractivity contribution is 6.01. The number of hydrogen-bond acceptors (Lipinski definition) is 6. The number of carbonyl (C=O) groups is 3. The van der Waals surface area contributed by atoms with Crippen molar-refractivity contribution >= 4 is 17.8 Å². The van der Waals surface area contributed by atoms with E-state index >= 15 is 0 Å². The summed E-state index contributed by atoms with van der Waals surface area (Å²) < 4.78 is 4.48. The van der Waals surface area contributed by atoms with E-state index in [1.165, 1.54) is 18.9 Å². The summed E-state index contributed by atoms with van der Waals surface area (Å²) in [5, 5.41) is 12.2. The van der Waals surface area contributed by atoms with Crippen LogP contribution in [-0.2, 0) is 19.1 Å². The predicted octanol–water partition coefficient (Wildman–Crippen LogP) is -1.35. The minimum atomic E-state index is -1.75. The second kappa shape index (κ2) is 5.45. The lowest BCUT2D eigenvalue weighted by molar-refractivity contribution is -0.165. The van der Waals surface area contributed by atoms with Gasteiger partial charge in [0.15, 0.2) is 5.60 Å². The molecule has 7 heteroatoms. The third-order valence-electron chi connectivity index (χ3n) is 2.88. The van der Waals surface area contributed by atoms with Crippen molar-refractivity contribution in [3.63, 3.8) is 0 Å². The van der Waals surface area contributed by atoms with Crippen molar-refractivity contribution in [3.05, 3.63) is 0 Å². The van der Waals surface area contributed by atoms with E-state index in [9.17, 15) is 19.5 Å². The molecule has 1 saturated heterocycles. The molecule has 0 aromatic heterocycles. The number of hydrogen-bond donors (Lipinski definition) is 2. The maximum atomic E-state index is 11.6. The van der Waals surface area contributed by atoms with Crippen molar-refractivity contribution < 1.29 is 24.2 Å². The van der Waals surface area contributed by atoms with Gasteiger partial charge >= 0.3 is 5.97 Å². The normalized spacial score (nSPS) is 24.3. The van der Waals surface area contributed by atoms with E-state index in [0.29, 0.717) is 6.42 Å². The van der Waals surface area contributed by atoms with Crippen molar-refractivity contribution in [1.29, 1.82) is 0 Å². The lowest BCUT2D eigenvalue weighted by Crippen LogP contribution is -2.61. The van der Waals surface area contributed by atoms with E-state index in [4.69, 9.17) is 0 Å². The van der Waals surface area contributed by atoms with Crippen LogP contribution in [-0.4, -0.2) is 59.6 Å². The molecular formula is C11H18N2O5. The van der Waals surface area contributed by atoms with E-state index < -0.39 is 29.4 Å². The van der Waals surface area contributed by atoms with E-state index in [2.05, 4.69) is 10.1 Å². The highest BCUT2D eigenvalue weighted by Crippen LogP contribution is 2.15. The van der Waals surface area contributed by atoms with Gasteiger partial charge < -0.3 is 9.84 Å². The summed E-state index contributed by atoms with van der Waals surface area (Å²) in [6.07, 6.45) is 0.483. The summed E-state index contributed by atoms with van der Waals surface area (Å²) in [7, 11) is 1.17. The Bertz CT molecular complexity index is 366. The number of nitrogens with zero attached hydrogens (tertiary/aromatic N) is 1. The minimum absolute atomic E-state index is 0.0304. The average Bonchev–Trinajstić information content (AvgIpc) is 2.26. The number of methoxy groups -OCH3 is 1. The first kappa shape index (κ1) is 14.6. The highest BCUT2D eigenvalue weighted by atomic mass is 16.5. The van der Waals surface area contributed by atoms with Gasteiger partial charge in [0.05, 0.1) is 19.7 Å². The summed E-state index contributed by atoms with van der Waals surface area (Å²) in [5.74, 6) is -1.64. The molecular weight excluding hydrogens is 240 g/mol. The number of esters is 1. The maximum Gasteiger partial charge on any atom is 0.338 e. The molecule has 0 aromatic rings. The standard InChI is InChI=1S/C11H18N2O5/c1-4-7-9(15)12-8(14)5-13(7)6-11(2,17)10(16)18-3/h7,17H,4-6H2,1-3H3,(H,12,14,15). The van der Waals surface area contributed by atoms with Crippen LogP contribution >= 0.6 is 0 Å². The van der Waals surface area contributed by atoms with Gasteiger partial charge in [-0.25, -0.2) is 4.79 Å². The van der Waals surface area contributed by atoms with Crippen LogP contribution in [0.5, 0.6) is 0 Å². The molecule has 2 atom stereocenters. The number of nitrogens with one attached hydrogen (secondary N) is 1. The van der Waals surface area contributed by atoms with Gasteiger partial charge in [0.2, 0.25) is 11.8 Å². The summed E-state index contributed by atoms with van der Waals surface area (Å²) >= 11 is 0. The molecule has 7 nitrogen and oxygen atoms in total. The summed E-state index contributed by atoms with van der Waals surface area (Å²) in [5.41, 5.74) is -1.75. The van der Waals surface area contributed by atoms with Crippen LogP contribution < -0.4 is 5.32 Å². The van der Waals surface area contributed by atoms with Gasteiger partial charge in [-0.15, -0.1) is 0 Å². The Morgan fingerprint density at radius 2 is 2.22 bits per heavy atom. The number of piperazine rings is 1. The molecule has 1 aliphatic heterocycles. The SMILES string of the molecule is CCC1C(=O)NC(=O)CN1CC(C)(O)C(=O)OC. The van der Waals surface area contributed by atoms with E-state index in [1.807, 2.05) is 0 Å². The fourth-order valence-electron chi connectivity index (χ4n) is 2.01. The van der Waals surface area contributed by atoms with Crippen LogP contribution in [0.25, 0.3) is 0 Å². The van der Waals surface area contributed by atoms with Crippen LogP contribution in [0.4, 0.5) is 0 Å². The molecule has 0 spiro atoms. The molecule has 1 rings (SSSR count).